The van der Waals surface area contributed by atoms with Crippen molar-refractivity contribution in [3.05, 3.63) is 59.1 Å². The second kappa shape index (κ2) is 9.35. The van der Waals surface area contributed by atoms with Crippen LogP contribution in [-0.4, -0.2) is 53.6 Å². The molecule has 0 spiro atoms. The lowest BCUT2D eigenvalue weighted by Crippen LogP contribution is -2.42. The average molecular weight is 418 g/mol. The van der Waals surface area contributed by atoms with Gasteiger partial charge in [-0.05, 0) is 48.9 Å². The van der Waals surface area contributed by atoms with E-state index in [9.17, 15) is 5.11 Å². The van der Waals surface area contributed by atoms with Crippen LogP contribution in [0.5, 0.6) is 11.5 Å². The van der Waals surface area contributed by atoms with Gasteiger partial charge in [0.1, 0.15) is 24.2 Å². The van der Waals surface area contributed by atoms with E-state index in [1.165, 1.54) is 0 Å². The lowest BCUT2D eigenvalue weighted by Gasteiger charge is -2.35. The molecule has 1 aliphatic heterocycles. The Balaban J connectivity index is 1.38. The molecule has 0 radical (unpaired) electrons. The number of aliphatic hydroxyl groups excluding tert-OH is 2. The van der Waals surface area contributed by atoms with Crippen molar-refractivity contribution in [2.24, 2.45) is 11.8 Å². The fraction of sp³-hybridized carbons (Fsp3) is 0.478. The van der Waals surface area contributed by atoms with Crippen molar-refractivity contribution >= 4 is 11.6 Å². The fourth-order valence-electron chi connectivity index (χ4n) is 4.63. The molecule has 0 amide bonds. The zero-order valence-electron chi connectivity index (χ0n) is 16.4. The number of hydrogen-bond acceptors (Lipinski definition) is 5. The first-order chi connectivity index (χ1) is 14.1. The Kier molecular flexibility index (Phi) is 6.60. The molecule has 29 heavy (non-hydrogen) atoms. The Morgan fingerprint density at radius 3 is 2.62 bits per heavy atom. The molecule has 1 heterocycles. The molecule has 2 aliphatic rings. The first-order valence-corrected chi connectivity index (χ1v) is 10.6. The predicted molar refractivity (Wildman–Crippen MR) is 112 cm³/mol. The third kappa shape index (κ3) is 5.04. The van der Waals surface area contributed by atoms with Gasteiger partial charge in [0.25, 0.3) is 0 Å². The third-order valence-electron chi connectivity index (χ3n) is 5.96. The summed E-state index contributed by atoms with van der Waals surface area (Å²) in [6, 6.07) is 15.4. The van der Waals surface area contributed by atoms with Gasteiger partial charge in [0, 0.05) is 30.2 Å². The normalized spacial score (nSPS) is 26.9. The number of para-hydroxylation sites is 1. The monoisotopic (exact) mass is 417 g/mol. The highest BCUT2D eigenvalue weighted by Crippen LogP contribution is 2.39. The number of likely N-dealkylation sites (tertiary alicyclic amines) is 1. The van der Waals surface area contributed by atoms with Crippen molar-refractivity contribution in [1.82, 2.24) is 4.90 Å². The van der Waals surface area contributed by atoms with Gasteiger partial charge < -0.3 is 19.7 Å². The second-order valence-electron chi connectivity index (χ2n) is 8.05. The fourth-order valence-corrected chi connectivity index (χ4v) is 4.81. The van der Waals surface area contributed by atoms with Gasteiger partial charge in [0.05, 0.1) is 12.7 Å². The summed E-state index contributed by atoms with van der Waals surface area (Å²) in [6.07, 6.45) is 0.942. The van der Waals surface area contributed by atoms with Gasteiger partial charge in [-0.15, -0.1) is 0 Å². The quantitative estimate of drug-likeness (QED) is 0.723. The van der Waals surface area contributed by atoms with Crippen LogP contribution < -0.4 is 9.47 Å². The molecule has 2 aromatic carbocycles. The van der Waals surface area contributed by atoms with Crippen molar-refractivity contribution in [2.75, 3.05) is 26.3 Å². The molecule has 156 valence electrons. The van der Waals surface area contributed by atoms with Crippen LogP contribution in [-0.2, 0) is 6.54 Å². The Labute approximate surface area is 176 Å². The summed E-state index contributed by atoms with van der Waals surface area (Å²) in [5, 5.41) is 20.3. The zero-order chi connectivity index (χ0) is 20.2. The molecular formula is C23H28ClNO4. The van der Waals surface area contributed by atoms with Gasteiger partial charge in [0.15, 0.2) is 0 Å². The number of halogens is 1. The van der Waals surface area contributed by atoms with Crippen molar-refractivity contribution in [1.29, 1.82) is 0 Å². The van der Waals surface area contributed by atoms with E-state index >= 15 is 0 Å². The van der Waals surface area contributed by atoms with Crippen LogP contribution in [0.3, 0.4) is 0 Å². The molecular weight excluding hydrogens is 390 g/mol. The van der Waals surface area contributed by atoms with Crippen molar-refractivity contribution < 1.29 is 19.7 Å². The summed E-state index contributed by atoms with van der Waals surface area (Å²) >= 11 is 6.06. The van der Waals surface area contributed by atoms with E-state index in [-0.39, 0.29) is 12.7 Å². The predicted octanol–water partition coefficient (Wildman–Crippen LogP) is 3.36. The molecule has 1 saturated heterocycles. The van der Waals surface area contributed by atoms with E-state index in [0.29, 0.717) is 29.2 Å². The number of rotatable bonds is 7. The van der Waals surface area contributed by atoms with E-state index in [0.717, 1.165) is 43.8 Å². The molecule has 0 bridgehead atoms. The zero-order valence-corrected chi connectivity index (χ0v) is 17.2. The molecule has 1 aliphatic carbocycles. The number of hydrogen-bond donors (Lipinski definition) is 2. The Bertz CT molecular complexity index is 817. The second-order valence-corrected chi connectivity index (χ2v) is 8.48. The van der Waals surface area contributed by atoms with Gasteiger partial charge in [-0.3, -0.25) is 4.90 Å². The highest BCUT2D eigenvalue weighted by molar-refractivity contribution is 6.30. The molecule has 1 saturated carbocycles. The summed E-state index contributed by atoms with van der Waals surface area (Å²) in [7, 11) is 0. The molecule has 6 heteroatoms. The van der Waals surface area contributed by atoms with Gasteiger partial charge in [0.2, 0.25) is 0 Å². The van der Waals surface area contributed by atoms with Gasteiger partial charge in [-0.25, -0.2) is 0 Å². The van der Waals surface area contributed by atoms with Crippen LogP contribution in [0, 0.1) is 11.8 Å². The molecule has 2 N–H and O–H groups in total. The molecule has 0 unspecified atom stereocenters. The minimum atomic E-state index is -0.463. The van der Waals surface area contributed by atoms with E-state index in [1.54, 1.807) is 6.07 Å². The van der Waals surface area contributed by atoms with Crippen LogP contribution in [0.15, 0.2) is 48.5 Å². The van der Waals surface area contributed by atoms with Crippen LogP contribution in [0.25, 0.3) is 0 Å². The minimum Gasteiger partial charge on any atom is -0.491 e. The smallest absolute Gasteiger partial charge is 0.125 e. The Hall–Kier alpha value is -1.79. The lowest BCUT2D eigenvalue weighted by atomic mass is 9.78. The van der Waals surface area contributed by atoms with E-state index in [1.807, 2.05) is 36.4 Å². The maximum atomic E-state index is 10.6. The van der Waals surface area contributed by atoms with Gasteiger partial charge >= 0.3 is 0 Å². The van der Waals surface area contributed by atoms with Gasteiger partial charge in [-0.2, -0.15) is 0 Å². The number of benzene rings is 2. The first kappa shape index (κ1) is 20.5. The topological polar surface area (TPSA) is 62.2 Å². The van der Waals surface area contributed by atoms with E-state index in [2.05, 4.69) is 11.0 Å². The maximum absolute atomic E-state index is 10.6. The maximum Gasteiger partial charge on any atom is 0.125 e. The van der Waals surface area contributed by atoms with Crippen LogP contribution in [0.4, 0.5) is 0 Å². The average Bonchev–Trinajstić information content (AvgIpc) is 3.08. The number of nitrogens with zero attached hydrogens (tertiary/aromatic N) is 1. The molecule has 4 rings (SSSR count). The Morgan fingerprint density at radius 2 is 1.83 bits per heavy atom. The van der Waals surface area contributed by atoms with Gasteiger partial charge in [-0.1, -0.05) is 35.9 Å². The Morgan fingerprint density at radius 1 is 1.03 bits per heavy atom. The number of ether oxygens (including phenoxy) is 2. The van der Waals surface area contributed by atoms with Crippen molar-refractivity contribution in [2.45, 2.75) is 31.6 Å². The van der Waals surface area contributed by atoms with Crippen LogP contribution >= 0.6 is 11.6 Å². The van der Waals surface area contributed by atoms with Crippen molar-refractivity contribution in [3.8, 4) is 11.5 Å². The van der Waals surface area contributed by atoms with Crippen LogP contribution in [0.1, 0.15) is 18.4 Å². The highest BCUT2D eigenvalue weighted by Gasteiger charge is 2.42. The molecule has 5 nitrogen and oxygen atoms in total. The number of fused-ring (bicyclic) bond motifs is 1. The molecule has 2 aromatic rings. The standard InChI is InChI=1S/C23H28ClNO4/c24-19-5-3-6-20(12-19)29-23-11-18-15-25(14-17(18)10-21(23)27)13-16-4-1-2-7-22(16)28-9-8-26/h1-7,12,17-18,21,23,26-27H,8-11,13-15H2/t17-,18+,21+,23+/m0/s1. The van der Waals surface area contributed by atoms with Crippen molar-refractivity contribution in [3.63, 3.8) is 0 Å². The largest absolute Gasteiger partial charge is 0.491 e. The van der Waals surface area contributed by atoms with Crippen LogP contribution in [0.2, 0.25) is 5.02 Å². The summed E-state index contributed by atoms with van der Waals surface area (Å²) in [4.78, 5) is 2.44. The third-order valence-corrected chi connectivity index (χ3v) is 6.19. The first-order valence-electron chi connectivity index (χ1n) is 10.3. The number of aliphatic hydroxyl groups is 2. The summed E-state index contributed by atoms with van der Waals surface area (Å²) in [6.45, 7) is 3.08. The molecule has 0 aromatic heterocycles. The molecule has 4 atom stereocenters. The van der Waals surface area contributed by atoms with E-state index < -0.39 is 6.10 Å². The minimum absolute atomic E-state index is 0.00804. The van der Waals surface area contributed by atoms with E-state index in [4.69, 9.17) is 26.2 Å². The SMILES string of the molecule is OCCOc1ccccc1CN1C[C@H]2C[C@@H](Oc3cccc(Cl)c3)[C@H](O)C[C@H]2C1. The summed E-state index contributed by atoms with van der Waals surface area (Å²) in [5.74, 6) is 2.53. The summed E-state index contributed by atoms with van der Waals surface area (Å²) < 4.78 is 11.8. The highest BCUT2D eigenvalue weighted by atomic mass is 35.5. The molecule has 2 fully saturated rings. The lowest BCUT2D eigenvalue weighted by molar-refractivity contribution is -0.0231. The summed E-state index contributed by atoms with van der Waals surface area (Å²) in [5.41, 5.74) is 1.13.